The molecule has 0 radical (unpaired) electrons. The molecule has 0 spiro atoms. The second kappa shape index (κ2) is 7.79. The van der Waals surface area contributed by atoms with E-state index < -0.39 is 0 Å². The second-order valence-electron chi connectivity index (χ2n) is 7.90. The van der Waals surface area contributed by atoms with Crippen molar-refractivity contribution < 1.29 is 0 Å². The van der Waals surface area contributed by atoms with Crippen LogP contribution >= 0.6 is 0 Å². The quantitative estimate of drug-likeness (QED) is 0.789. The maximum atomic E-state index is 3.77. The number of hydrogen-bond donors (Lipinski definition) is 1. The summed E-state index contributed by atoms with van der Waals surface area (Å²) in [4.78, 5) is 2.80. The van der Waals surface area contributed by atoms with Gasteiger partial charge in [0.05, 0.1) is 0 Å². The smallest absolute Gasteiger partial charge is 0.00671 e. The van der Waals surface area contributed by atoms with Crippen molar-refractivity contribution in [1.82, 2.24) is 10.2 Å². The van der Waals surface area contributed by atoms with Gasteiger partial charge in [-0.25, -0.2) is 0 Å². The predicted molar refractivity (Wildman–Crippen MR) is 88.1 cm³/mol. The van der Waals surface area contributed by atoms with Crippen LogP contribution in [0.5, 0.6) is 0 Å². The van der Waals surface area contributed by atoms with Gasteiger partial charge in [-0.1, -0.05) is 39.5 Å². The third-order valence-electron chi connectivity index (χ3n) is 5.45. The van der Waals surface area contributed by atoms with E-state index in [1.54, 1.807) is 0 Å². The summed E-state index contributed by atoms with van der Waals surface area (Å²) in [5.41, 5.74) is 0.568. The van der Waals surface area contributed by atoms with Crippen LogP contribution in [0.2, 0.25) is 0 Å². The van der Waals surface area contributed by atoms with Gasteiger partial charge in [-0.15, -0.1) is 0 Å². The highest BCUT2D eigenvalue weighted by molar-refractivity contribution is 4.90. The Balaban J connectivity index is 1.91. The lowest BCUT2D eigenvalue weighted by Crippen LogP contribution is -2.49. The van der Waals surface area contributed by atoms with E-state index in [1.807, 2.05) is 0 Å². The Morgan fingerprint density at radius 2 is 1.85 bits per heavy atom. The second-order valence-corrected chi connectivity index (χ2v) is 7.90. The molecular weight excluding hydrogens is 244 g/mol. The van der Waals surface area contributed by atoms with Gasteiger partial charge >= 0.3 is 0 Å². The summed E-state index contributed by atoms with van der Waals surface area (Å²) < 4.78 is 0. The van der Waals surface area contributed by atoms with E-state index in [0.717, 1.165) is 12.0 Å². The fraction of sp³-hybridized carbons (Fsp3) is 1.00. The van der Waals surface area contributed by atoms with Crippen LogP contribution in [0.3, 0.4) is 0 Å². The lowest BCUT2D eigenvalue weighted by molar-refractivity contribution is 0.0605. The van der Waals surface area contributed by atoms with Crippen molar-refractivity contribution in [2.75, 3.05) is 26.2 Å². The van der Waals surface area contributed by atoms with Crippen molar-refractivity contribution in [2.45, 2.75) is 78.2 Å². The Kier molecular flexibility index (Phi) is 6.35. The van der Waals surface area contributed by atoms with Gasteiger partial charge in [-0.05, 0) is 57.0 Å². The first-order valence-corrected chi connectivity index (χ1v) is 9.06. The van der Waals surface area contributed by atoms with Crippen molar-refractivity contribution in [1.29, 1.82) is 0 Å². The zero-order chi connectivity index (χ0) is 14.4. The number of likely N-dealkylation sites (tertiary alicyclic amines) is 1. The standard InChI is InChI=1S/C18H36N2/c1-16(2)13-19-14-18(10-6-4-7-11-18)15-20-12-8-5-9-17(20)3/h16-17,19H,4-15H2,1-3H3. The van der Waals surface area contributed by atoms with Crippen molar-refractivity contribution >= 4 is 0 Å². The zero-order valence-corrected chi connectivity index (χ0v) is 14.1. The molecule has 0 aromatic rings. The van der Waals surface area contributed by atoms with E-state index in [4.69, 9.17) is 0 Å². The van der Waals surface area contributed by atoms with Gasteiger partial charge in [0.25, 0.3) is 0 Å². The summed E-state index contributed by atoms with van der Waals surface area (Å²) in [6.45, 7) is 12.2. The van der Waals surface area contributed by atoms with Gasteiger partial charge in [-0.2, -0.15) is 0 Å². The van der Waals surface area contributed by atoms with Gasteiger partial charge in [0.1, 0.15) is 0 Å². The normalized spacial score (nSPS) is 27.9. The number of rotatable bonds is 6. The SMILES string of the molecule is CC(C)CNCC1(CN2CCCCC2C)CCCCC1. The van der Waals surface area contributed by atoms with Crippen LogP contribution in [0, 0.1) is 11.3 Å². The van der Waals surface area contributed by atoms with E-state index >= 15 is 0 Å². The van der Waals surface area contributed by atoms with Gasteiger partial charge in [0, 0.05) is 19.1 Å². The van der Waals surface area contributed by atoms with Crippen molar-refractivity contribution in [2.24, 2.45) is 11.3 Å². The van der Waals surface area contributed by atoms with E-state index in [-0.39, 0.29) is 0 Å². The predicted octanol–water partition coefficient (Wildman–Crippen LogP) is 4.06. The van der Waals surface area contributed by atoms with Crippen molar-refractivity contribution in [3.05, 3.63) is 0 Å². The Hall–Kier alpha value is -0.0800. The van der Waals surface area contributed by atoms with Gasteiger partial charge in [0.2, 0.25) is 0 Å². The van der Waals surface area contributed by atoms with Crippen LogP contribution < -0.4 is 5.32 Å². The van der Waals surface area contributed by atoms with Gasteiger partial charge in [-0.3, -0.25) is 0 Å². The monoisotopic (exact) mass is 280 g/mol. The van der Waals surface area contributed by atoms with Crippen LogP contribution in [0.1, 0.15) is 72.1 Å². The highest BCUT2D eigenvalue weighted by Gasteiger charge is 2.35. The molecule has 20 heavy (non-hydrogen) atoms. The molecular formula is C18H36N2. The molecule has 2 fully saturated rings. The number of nitrogens with one attached hydrogen (secondary N) is 1. The maximum absolute atomic E-state index is 3.77. The molecule has 1 N–H and O–H groups in total. The number of piperidine rings is 1. The van der Waals surface area contributed by atoms with Gasteiger partial charge in [0.15, 0.2) is 0 Å². The molecule has 1 aliphatic carbocycles. The highest BCUT2D eigenvalue weighted by Crippen LogP contribution is 2.37. The summed E-state index contributed by atoms with van der Waals surface area (Å²) in [7, 11) is 0. The molecule has 1 atom stereocenters. The minimum absolute atomic E-state index is 0.568. The first kappa shape index (κ1) is 16.3. The van der Waals surface area contributed by atoms with E-state index in [2.05, 4.69) is 31.0 Å². The number of hydrogen-bond acceptors (Lipinski definition) is 2. The Morgan fingerprint density at radius 3 is 2.50 bits per heavy atom. The molecule has 2 heteroatoms. The highest BCUT2D eigenvalue weighted by atomic mass is 15.2. The van der Waals surface area contributed by atoms with Crippen molar-refractivity contribution in [3.63, 3.8) is 0 Å². The fourth-order valence-electron chi connectivity index (χ4n) is 4.14. The summed E-state index contributed by atoms with van der Waals surface area (Å²) in [6, 6.07) is 0.813. The topological polar surface area (TPSA) is 15.3 Å². The molecule has 0 bridgehead atoms. The molecule has 2 rings (SSSR count). The van der Waals surface area contributed by atoms with Crippen molar-refractivity contribution in [3.8, 4) is 0 Å². The summed E-state index contributed by atoms with van der Waals surface area (Å²) in [5.74, 6) is 0.768. The molecule has 2 nitrogen and oxygen atoms in total. The van der Waals surface area contributed by atoms with Crippen LogP contribution in [0.25, 0.3) is 0 Å². The largest absolute Gasteiger partial charge is 0.316 e. The molecule has 1 heterocycles. The Morgan fingerprint density at radius 1 is 1.10 bits per heavy atom. The Labute approximate surface area is 126 Å². The van der Waals surface area contributed by atoms with Crippen LogP contribution in [0.15, 0.2) is 0 Å². The van der Waals surface area contributed by atoms with E-state index in [1.165, 1.54) is 77.5 Å². The molecule has 0 amide bonds. The zero-order valence-electron chi connectivity index (χ0n) is 14.1. The Bertz CT molecular complexity index is 269. The fourth-order valence-corrected chi connectivity index (χ4v) is 4.14. The van der Waals surface area contributed by atoms with E-state index in [0.29, 0.717) is 5.41 Å². The third-order valence-corrected chi connectivity index (χ3v) is 5.45. The van der Waals surface area contributed by atoms with E-state index in [9.17, 15) is 0 Å². The molecule has 1 saturated carbocycles. The average molecular weight is 280 g/mol. The molecule has 1 aliphatic heterocycles. The molecule has 118 valence electrons. The average Bonchev–Trinajstić information content (AvgIpc) is 2.42. The first-order chi connectivity index (χ1) is 9.61. The molecule has 1 unspecified atom stereocenters. The lowest BCUT2D eigenvalue weighted by Gasteiger charge is -2.45. The van der Waals surface area contributed by atoms with Crippen LogP contribution in [0.4, 0.5) is 0 Å². The first-order valence-electron chi connectivity index (χ1n) is 9.06. The molecule has 1 saturated heterocycles. The summed E-state index contributed by atoms with van der Waals surface area (Å²) in [6.07, 6.45) is 11.5. The van der Waals surface area contributed by atoms with Crippen LogP contribution in [-0.2, 0) is 0 Å². The molecule has 0 aromatic carbocycles. The minimum atomic E-state index is 0.568. The maximum Gasteiger partial charge on any atom is 0.00671 e. The molecule has 2 aliphatic rings. The molecule has 0 aromatic heterocycles. The lowest BCUT2D eigenvalue weighted by atomic mass is 9.73. The number of nitrogens with zero attached hydrogens (tertiary/aromatic N) is 1. The third kappa shape index (κ3) is 4.73. The summed E-state index contributed by atoms with van der Waals surface area (Å²) >= 11 is 0. The summed E-state index contributed by atoms with van der Waals surface area (Å²) in [5, 5.41) is 3.77. The van der Waals surface area contributed by atoms with Crippen LogP contribution in [-0.4, -0.2) is 37.1 Å². The van der Waals surface area contributed by atoms with Gasteiger partial charge < -0.3 is 10.2 Å². The minimum Gasteiger partial charge on any atom is -0.316 e.